The van der Waals surface area contributed by atoms with Crippen LogP contribution in [0.15, 0.2) is 24.8 Å². The Morgan fingerprint density at radius 2 is 2.10 bits per heavy atom. The number of carbonyl (C=O) groups is 1. The van der Waals surface area contributed by atoms with Crippen molar-refractivity contribution in [3.63, 3.8) is 0 Å². The molecule has 1 aromatic carbocycles. The SMILES string of the molecule is O=C(CCn1cncn1)Nc1cc2c(cc1Cl)OCCO2. The van der Waals surface area contributed by atoms with Gasteiger partial charge in [0.1, 0.15) is 25.9 Å². The molecule has 3 rings (SSSR count). The first-order valence-electron chi connectivity index (χ1n) is 6.44. The first-order chi connectivity index (χ1) is 10.2. The van der Waals surface area contributed by atoms with Crippen LogP contribution >= 0.6 is 11.6 Å². The molecule has 0 spiro atoms. The maximum absolute atomic E-state index is 11.9. The van der Waals surface area contributed by atoms with Crippen molar-refractivity contribution in [3.05, 3.63) is 29.8 Å². The third-order valence-electron chi connectivity index (χ3n) is 2.94. The highest BCUT2D eigenvalue weighted by molar-refractivity contribution is 6.34. The number of benzene rings is 1. The second-order valence-electron chi connectivity index (χ2n) is 4.43. The molecule has 7 nitrogen and oxygen atoms in total. The molecule has 0 bridgehead atoms. The number of hydrogen-bond acceptors (Lipinski definition) is 5. The van der Waals surface area contributed by atoms with Gasteiger partial charge in [0.25, 0.3) is 0 Å². The van der Waals surface area contributed by atoms with E-state index in [2.05, 4.69) is 15.4 Å². The number of aromatic nitrogens is 3. The molecule has 1 amide bonds. The fourth-order valence-electron chi connectivity index (χ4n) is 1.94. The summed E-state index contributed by atoms with van der Waals surface area (Å²) in [6.07, 6.45) is 3.26. The van der Waals surface area contributed by atoms with Crippen molar-refractivity contribution in [3.8, 4) is 11.5 Å². The Kier molecular flexibility index (Phi) is 3.92. The summed E-state index contributed by atoms with van der Waals surface area (Å²) in [5.41, 5.74) is 0.504. The van der Waals surface area contributed by atoms with Gasteiger partial charge in [-0.15, -0.1) is 0 Å². The number of aryl methyl sites for hydroxylation is 1. The van der Waals surface area contributed by atoms with Gasteiger partial charge in [-0.25, -0.2) is 4.98 Å². The van der Waals surface area contributed by atoms with Gasteiger partial charge in [-0.1, -0.05) is 11.6 Å². The molecule has 0 atom stereocenters. The lowest BCUT2D eigenvalue weighted by Gasteiger charge is -2.20. The van der Waals surface area contributed by atoms with E-state index in [0.29, 0.717) is 42.0 Å². The molecule has 0 saturated heterocycles. The predicted molar refractivity (Wildman–Crippen MR) is 75.7 cm³/mol. The number of ether oxygens (including phenoxy) is 2. The van der Waals surface area contributed by atoms with E-state index in [0.717, 1.165) is 0 Å². The molecular formula is C13H13ClN4O3. The van der Waals surface area contributed by atoms with Crippen LogP contribution in [0.3, 0.4) is 0 Å². The Balaban J connectivity index is 1.65. The zero-order chi connectivity index (χ0) is 14.7. The van der Waals surface area contributed by atoms with E-state index in [1.165, 1.54) is 6.33 Å². The number of fused-ring (bicyclic) bond motifs is 1. The molecule has 2 heterocycles. The summed E-state index contributed by atoms with van der Waals surface area (Å²) in [7, 11) is 0. The molecule has 0 aliphatic carbocycles. The van der Waals surface area contributed by atoms with Gasteiger partial charge in [-0.3, -0.25) is 9.48 Å². The first-order valence-corrected chi connectivity index (χ1v) is 6.81. The minimum absolute atomic E-state index is 0.163. The van der Waals surface area contributed by atoms with Crippen molar-refractivity contribution in [2.75, 3.05) is 18.5 Å². The van der Waals surface area contributed by atoms with Crippen molar-refractivity contribution in [2.24, 2.45) is 0 Å². The van der Waals surface area contributed by atoms with E-state index in [1.807, 2.05) is 0 Å². The minimum atomic E-state index is -0.163. The summed E-state index contributed by atoms with van der Waals surface area (Å²) >= 11 is 6.13. The standard InChI is InChI=1S/C13H13ClN4O3/c14-9-5-11-12(21-4-3-20-11)6-10(9)17-13(19)1-2-18-8-15-7-16-18/h5-8H,1-4H2,(H,17,19). The summed E-state index contributed by atoms with van der Waals surface area (Å²) in [5, 5.41) is 7.10. The van der Waals surface area contributed by atoms with Gasteiger partial charge in [-0.05, 0) is 0 Å². The molecule has 2 aromatic rings. The number of nitrogens with zero attached hydrogens (tertiary/aromatic N) is 3. The van der Waals surface area contributed by atoms with Gasteiger partial charge in [-0.2, -0.15) is 5.10 Å². The number of amides is 1. The number of anilines is 1. The lowest BCUT2D eigenvalue weighted by molar-refractivity contribution is -0.116. The van der Waals surface area contributed by atoms with Crippen LogP contribution in [0.5, 0.6) is 11.5 Å². The third kappa shape index (κ3) is 3.25. The molecule has 1 N–H and O–H groups in total. The van der Waals surface area contributed by atoms with Crippen molar-refractivity contribution in [1.29, 1.82) is 0 Å². The maximum atomic E-state index is 11.9. The van der Waals surface area contributed by atoms with E-state index in [4.69, 9.17) is 21.1 Å². The molecule has 1 aliphatic rings. The zero-order valence-corrected chi connectivity index (χ0v) is 11.8. The van der Waals surface area contributed by atoms with E-state index in [9.17, 15) is 4.79 Å². The largest absolute Gasteiger partial charge is 0.486 e. The van der Waals surface area contributed by atoms with E-state index >= 15 is 0 Å². The lowest BCUT2D eigenvalue weighted by atomic mass is 10.2. The maximum Gasteiger partial charge on any atom is 0.226 e. The quantitative estimate of drug-likeness (QED) is 0.930. The third-order valence-corrected chi connectivity index (χ3v) is 3.25. The van der Waals surface area contributed by atoms with Crippen LogP contribution in [0.1, 0.15) is 6.42 Å². The molecule has 0 fully saturated rings. The van der Waals surface area contributed by atoms with Gasteiger partial charge >= 0.3 is 0 Å². The fourth-order valence-corrected chi connectivity index (χ4v) is 2.14. The van der Waals surface area contributed by atoms with E-state index in [1.54, 1.807) is 23.1 Å². The Bertz CT molecular complexity index is 645. The topological polar surface area (TPSA) is 78.3 Å². The lowest BCUT2D eigenvalue weighted by Crippen LogP contribution is -2.17. The number of rotatable bonds is 4. The van der Waals surface area contributed by atoms with Gasteiger partial charge in [0.15, 0.2) is 11.5 Å². The Morgan fingerprint density at radius 1 is 1.33 bits per heavy atom. The van der Waals surface area contributed by atoms with Crippen molar-refractivity contribution in [1.82, 2.24) is 14.8 Å². The average molecular weight is 309 g/mol. The highest BCUT2D eigenvalue weighted by Crippen LogP contribution is 2.37. The van der Waals surface area contributed by atoms with Crippen LogP contribution in [0.2, 0.25) is 5.02 Å². The summed E-state index contributed by atoms with van der Waals surface area (Å²) in [6, 6.07) is 3.31. The summed E-state index contributed by atoms with van der Waals surface area (Å²) in [6.45, 7) is 1.43. The molecule has 110 valence electrons. The predicted octanol–water partition coefficient (Wildman–Crippen LogP) is 1.73. The zero-order valence-electron chi connectivity index (χ0n) is 11.1. The number of carbonyl (C=O) groups excluding carboxylic acids is 1. The van der Waals surface area contributed by atoms with Crippen LogP contribution in [-0.2, 0) is 11.3 Å². The average Bonchev–Trinajstić information content (AvgIpc) is 2.99. The molecular weight excluding hydrogens is 296 g/mol. The molecule has 0 saturated carbocycles. The number of hydrogen-bond donors (Lipinski definition) is 1. The van der Waals surface area contributed by atoms with Gasteiger partial charge < -0.3 is 14.8 Å². The molecule has 21 heavy (non-hydrogen) atoms. The summed E-state index contributed by atoms with van der Waals surface area (Å²) in [4.78, 5) is 15.7. The van der Waals surface area contributed by atoms with Crippen LogP contribution in [0.4, 0.5) is 5.69 Å². The van der Waals surface area contributed by atoms with Gasteiger partial charge in [0, 0.05) is 18.6 Å². The molecule has 0 radical (unpaired) electrons. The van der Waals surface area contributed by atoms with Crippen LogP contribution in [-0.4, -0.2) is 33.9 Å². The highest BCUT2D eigenvalue weighted by Gasteiger charge is 2.16. The van der Waals surface area contributed by atoms with Crippen LogP contribution in [0, 0.1) is 0 Å². The van der Waals surface area contributed by atoms with E-state index < -0.39 is 0 Å². The molecule has 1 aromatic heterocycles. The van der Waals surface area contributed by atoms with E-state index in [-0.39, 0.29) is 12.3 Å². The van der Waals surface area contributed by atoms with Gasteiger partial charge in [0.2, 0.25) is 5.91 Å². The smallest absolute Gasteiger partial charge is 0.226 e. The summed E-state index contributed by atoms with van der Waals surface area (Å²) in [5.74, 6) is 1.01. The number of halogens is 1. The summed E-state index contributed by atoms with van der Waals surface area (Å²) < 4.78 is 12.5. The second-order valence-corrected chi connectivity index (χ2v) is 4.84. The van der Waals surface area contributed by atoms with Crippen LogP contribution in [0.25, 0.3) is 0 Å². The van der Waals surface area contributed by atoms with Crippen molar-refractivity contribution in [2.45, 2.75) is 13.0 Å². The van der Waals surface area contributed by atoms with Gasteiger partial charge in [0.05, 0.1) is 17.3 Å². The molecule has 8 heteroatoms. The van der Waals surface area contributed by atoms with Crippen molar-refractivity contribution < 1.29 is 14.3 Å². The van der Waals surface area contributed by atoms with Crippen molar-refractivity contribution >= 4 is 23.2 Å². The normalized spacial score (nSPS) is 13.0. The Hall–Kier alpha value is -2.28. The second kappa shape index (κ2) is 6.01. The monoisotopic (exact) mass is 308 g/mol. The molecule has 0 unspecified atom stereocenters. The fraction of sp³-hybridized carbons (Fsp3) is 0.308. The Morgan fingerprint density at radius 3 is 2.81 bits per heavy atom. The highest BCUT2D eigenvalue weighted by atomic mass is 35.5. The first kappa shape index (κ1) is 13.7. The number of nitrogens with one attached hydrogen (secondary N) is 1. The Labute approximate surface area is 125 Å². The van der Waals surface area contributed by atoms with Crippen LogP contribution < -0.4 is 14.8 Å². The molecule has 1 aliphatic heterocycles. The minimum Gasteiger partial charge on any atom is -0.486 e.